The van der Waals surface area contributed by atoms with Crippen LogP contribution in [-0.2, 0) is 11.3 Å². The Morgan fingerprint density at radius 2 is 1.96 bits per heavy atom. The molecule has 0 spiro atoms. The summed E-state index contributed by atoms with van der Waals surface area (Å²) in [6.45, 7) is 2.22. The molecule has 1 saturated heterocycles. The minimum absolute atomic E-state index is 0.390. The Hall–Kier alpha value is -2.10. The summed E-state index contributed by atoms with van der Waals surface area (Å²) in [6.07, 6.45) is 3.39. The SMILES string of the molecule is CN1C2C=C(c3cccc(OCc4ccccc4)c3)CC1COC2. The van der Waals surface area contributed by atoms with Crippen molar-refractivity contribution in [1.29, 1.82) is 0 Å². The number of fused-ring (bicyclic) bond motifs is 2. The van der Waals surface area contributed by atoms with E-state index in [-0.39, 0.29) is 0 Å². The molecule has 2 atom stereocenters. The molecule has 0 radical (unpaired) electrons. The first-order valence-electron chi connectivity index (χ1n) is 8.57. The Labute approximate surface area is 143 Å². The van der Waals surface area contributed by atoms with Crippen LogP contribution in [0.15, 0.2) is 60.7 Å². The predicted molar refractivity (Wildman–Crippen MR) is 96.0 cm³/mol. The van der Waals surface area contributed by atoms with Crippen LogP contribution >= 0.6 is 0 Å². The van der Waals surface area contributed by atoms with Crippen LogP contribution in [0.3, 0.4) is 0 Å². The van der Waals surface area contributed by atoms with Crippen molar-refractivity contribution >= 4 is 5.57 Å². The Morgan fingerprint density at radius 3 is 2.79 bits per heavy atom. The van der Waals surface area contributed by atoms with Gasteiger partial charge in [-0.2, -0.15) is 0 Å². The maximum atomic E-state index is 5.98. The summed E-state index contributed by atoms with van der Waals surface area (Å²) < 4.78 is 11.7. The van der Waals surface area contributed by atoms with Crippen molar-refractivity contribution in [3.05, 3.63) is 71.8 Å². The minimum Gasteiger partial charge on any atom is -0.489 e. The molecule has 0 amide bonds. The molecule has 2 aromatic carbocycles. The molecule has 3 heteroatoms. The van der Waals surface area contributed by atoms with Crippen LogP contribution in [0.5, 0.6) is 5.75 Å². The van der Waals surface area contributed by atoms with Gasteiger partial charge < -0.3 is 9.47 Å². The molecule has 0 saturated carbocycles. The van der Waals surface area contributed by atoms with Crippen molar-refractivity contribution in [2.24, 2.45) is 0 Å². The van der Waals surface area contributed by atoms with E-state index in [0.29, 0.717) is 18.7 Å². The average molecular weight is 321 g/mol. The third-order valence-electron chi connectivity index (χ3n) is 5.00. The molecular formula is C21H23NO2. The van der Waals surface area contributed by atoms with Gasteiger partial charge >= 0.3 is 0 Å². The van der Waals surface area contributed by atoms with Crippen molar-refractivity contribution in [1.82, 2.24) is 4.90 Å². The quantitative estimate of drug-likeness (QED) is 0.856. The van der Waals surface area contributed by atoms with E-state index < -0.39 is 0 Å². The molecule has 1 fully saturated rings. The molecule has 2 aliphatic rings. The van der Waals surface area contributed by atoms with E-state index in [4.69, 9.17) is 9.47 Å². The highest BCUT2D eigenvalue weighted by atomic mass is 16.5. The second kappa shape index (κ2) is 6.80. The predicted octanol–water partition coefficient (Wildman–Crippen LogP) is 3.75. The first-order chi connectivity index (χ1) is 11.8. The van der Waals surface area contributed by atoms with Crippen molar-refractivity contribution in [2.75, 3.05) is 20.3 Å². The summed E-state index contributed by atoms with van der Waals surface area (Å²) in [6, 6.07) is 19.6. The van der Waals surface area contributed by atoms with E-state index in [1.165, 1.54) is 16.7 Å². The Bertz CT molecular complexity index is 726. The lowest BCUT2D eigenvalue weighted by molar-refractivity contribution is -0.0221. The second-order valence-corrected chi connectivity index (χ2v) is 6.62. The fraction of sp³-hybridized carbons (Fsp3) is 0.333. The van der Waals surface area contributed by atoms with Crippen LogP contribution in [0.4, 0.5) is 0 Å². The highest BCUT2D eigenvalue weighted by Crippen LogP contribution is 2.32. The molecule has 2 bridgehead atoms. The highest BCUT2D eigenvalue weighted by molar-refractivity contribution is 5.68. The number of likely N-dealkylation sites (N-methyl/N-ethyl adjacent to an activating group) is 1. The molecule has 124 valence electrons. The van der Waals surface area contributed by atoms with Crippen LogP contribution in [-0.4, -0.2) is 37.2 Å². The topological polar surface area (TPSA) is 21.7 Å². The molecule has 2 heterocycles. The van der Waals surface area contributed by atoms with Gasteiger partial charge in [-0.1, -0.05) is 48.5 Å². The fourth-order valence-electron chi connectivity index (χ4n) is 3.49. The zero-order valence-corrected chi connectivity index (χ0v) is 14.0. The summed E-state index contributed by atoms with van der Waals surface area (Å²) in [5, 5.41) is 0. The Morgan fingerprint density at radius 1 is 1.08 bits per heavy atom. The van der Waals surface area contributed by atoms with Crippen LogP contribution in [0.1, 0.15) is 17.5 Å². The van der Waals surface area contributed by atoms with E-state index in [0.717, 1.165) is 25.4 Å². The van der Waals surface area contributed by atoms with Crippen LogP contribution in [0, 0.1) is 0 Å². The standard InChI is InChI=1S/C21H23NO2/c1-22-19-10-18(11-20(22)15-23-14-19)17-8-5-9-21(12-17)24-13-16-6-3-2-4-7-16/h2-10,12,19-20H,11,13-15H2,1H3. The number of benzene rings is 2. The van der Waals surface area contributed by atoms with Crippen molar-refractivity contribution in [2.45, 2.75) is 25.1 Å². The third kappa shape index (κ3) is 3.23. The van der Waals surface area contributed by atoms with Gasteiger partial charge in [0, 0.05) is 6.04 Å². The summed E-state index contributed by atoms with van der Waals surface area (Å²) in [5.41, 5.74) is 3.87. The van der Waals surface area contributed by atoms with Gasteiger partial charge in [-0.15, -0.1) is 0 Å². The Balaban J connectivity index is 1.50. The third-order valence-corrected chi connectivity index (χ3v) is 5.00. The van der Waals surface area contributed by atoms with Gasteiger partial charge in [-0.3, -0.25) is 4.90 Å². The number of hydrogen-bond acceptors (Lipinski definition) is 3. The van der Waals surface area contributed by atoms with Crippen molar-refractivity contribution < 1.29 is 9.47 Å². The van der Waals surface area contributed by atoms with Crippen LogP contribution < -0.4 is 4.74 Å². The largest absolute Gasteiger partial charge is 0.489 e. The molecule has 0 aromatic heterocycles. The van der Waals surface area contributed by atoms with Gasteiger partial charge in [-0.05, 0) is 42.3 Å². The van der Waals surface area contributed by atoms with Gasteiger partial charge in [0.25, 0.3) is 0 Å². The smallest absolute Gasteiger partial charge is 0.120 e. The van der Waals surface area contributed by atoms with Crippen molar-refractivity contribution in [3.63, 3.8) is 0 Å². The molecule has 24 heavy (non-hydrogen) atoms. The number of morpholine rings is 1. The van der Waals surface area contributed by atoms with E-state index in [2.05, 4.69) is 48.4 Å². The minimum atomic E-state index is 0.390. The summed E-state index contributed by atoms with van der Waals surface area (Å²) in [7, 11) is 2.20. The number of rotatable bonds is 4. The summed E-state index contributed by atoms with van der Waals surface area (Å²) in [5.74, 6) is 0.928. The maximum absolute atomic E-state index is 5.98. The van der Waals surface area contributed by atoms with Gasteiger partial charge in [-0.25, -0.2) is 0 Å². The average Bonchev–Trinajstić information content (AvgIpc) is 2.61. The molecular weight excluding hydrogens is 298 g/mol. The van der Waals surface area contributed by atoms with E-state index in [1.54, 1.807) is 0 Å². The first-order valence-corrected chi connectivity index (χ1v) is 8.57. The van der Waals surface area contributed by atoms with Crippen LogP contribution in [0.2, 0.25) is 0 Å². The van der Waals surface area contributed by atoms with Gasteiger partial charge in [0.15, 0.2) is 0 Å². The number of hydrogen-bond donors (Lipinski definition) is 0. The Kier molecular flexibility index (Phi) is 4.37. The normalized spacial score (nSPS) is 23.6. The fourth-order valence-corrected chi connectivity index (χ4v) is 3.49. The van der Waals surface area contributed by atoms with E-state index in [9.17, 15) is 0 Å². The molecule has 2 aliphatic heterocycles. The second-order valence-electron chi connectivity index (χ2n) is 6.62. The molecule has 0 aliphatic carbocycles. The van der Waals surface area contributed by atoms with Crippen LogP contribution in [0.25, 0.3) is 5.57 Å². The van der Waals surface area contributed by atoms with Gasteiger partial charge in [0.1, 0.15) is 12.4 Å². The van der Waals surface area contributed by atoms with Crippen molar-refractivity contribution in [3.8, 4) is 5.75 Å². The van der Waals surface area contributed by atoms with E-state index in [1.807, 2.05) is 24.3 Å². The van der Waals surface area contributed by atoms with Gasteiger partial charge in [0.2, 0.25) is 0 Å². The van der Waals surface area contributed by atoms with Gasteiger partial charge in [0.05, 0.1) is 19.3 Å². The lowest BCUT2D eigenvalue weighted by Crippen LogP contribution is -2.51. The monoisotopic (exact) mass is 321 g/mol. The molecule has 2 unspecified atom stereocenters. The number of ether oxygens (including phenoxy) is 2. The zero-order valence-electron chi connectivity index (χ0n) is 14.0. The van der Waals surface area contributed by atoms with E-state index >= 15 is 0 Å². The summed E-state index contributed by atoms with van der Waals surface area (Å²) >= 11 is 0. The maximum Gasteiger partial charge on any atom is 0.120 e. The molecule has 4 rings (SSSR count). The highest BCUT2D eigenvalue weighted by Gasteiger charge is 2.32. The zero-order chi connectivity index (χ0) is 16.4. The summed E-state index contributed by atoms with van der Waals surface area (Å²) in [4.78, 5) is 2.43. The lowest BCUT2D eigenvalue weighted by Gasteiger charge is -2.42. The molecule has 3 nitrogen and oxygen atoms in total. The lowest BCUT2D eigenvalue weighted by atomic mass is 9.90. The number of nitrogens with zero attached hydrogens (tertiary/aromatic N) is 1. The molecule has 0 N–H and O–H groups in total. The first kappa shape index (κ1) is 15.4. The molecule has 2 aromatic rings.